The molecule has 17 rings (SSSR count). The fourth-order valence-electron chi connectivity index (χ4n) is 15.3. The van der Waals surface area contributed by atoms with Gasteiger partial charge in [-0.3, -0.25) is 4.90 Å². The highest BCUT2D eigenvalue weighted by Crippen LogP contribution is 2.39. The van der Waals surface area contributed by atoms with Crippen molar-refractivity contribution in [2.45, 2.75) is 128 Å². The van der Waals surface area contributed by atoms with Crippen LogP contribution in [0, 0.1) is 0 Å². The lowest BCUT2D eigenvalue weighted by molar-refractivity contribution is -0.108. The van der Waals surface area contributed by atoms with Crippen molar-refractivity contribution >= 4 is 114 Å². The maximum Gasteiger partial charge on any atom is 0.410 e. The Balaban J connectivity index is 0.000000130. The van der Waals surface area contributed by atoms with Crippen LogP contribution in [0.3, 0.4) is 0 Å². The fourth-order valence-corrected chi connectivity index (χ4v) is 15.3. The van der Waals surface area contributed by atoms with E-state index < -0.39 is 17.3 Å². The SMILES string of the molecule is CN(CC=O)C(=O)OC(C)(C)C.CN(CCNc1ccc2nc(N[C@@H]3CCc4ccccc43)ccc2c1)C(=O)OC(C)(C)C.CN1CCN(c2ccc3nc(N[C@@H]4CCc5ccccc54)ccc3c2)C1=O.CNCCNc1ccc2nc(N[C@@H]3CCc4ccccc43)ccc2c1.Nc1ccc2nc(N[C@@H]3CCc4ccccc43)ccc2c1. The molecule has 8 aromatic carbocycles. The Kier molecular flexibility index (Phi) is 26.6. The van der Waals surface area contributed by atoms with Gasteiger partial charge in [-0.25, -0.2) is 34.3 Å². The molecule has 0 bridgehead atoms. The summed E-state index contributed by atoms with van der Waals surface area (Å²) in [6.45, 7) is 15.5. The number of aromatic nitrogens is 4. The normalized spacial score (nSPS) is 16.1. The van der Waals surface area contributed by atoms with Crippen LogP contribution in [0.5, 0.6) is 0 Å². The van der Waals surface area contributed by atoms with Crippen LogP contribution in [0.15, 0.2) is 218 Å². The van der Waals surface area contributed by atoms with E-state index >= 15 is 0 Å². The van der Waals surface area contributed by atoms with Crippen molar-refractivity contribution in [3.63, 3.8) is 0 Å². The zero-order valence-electron chi connectivity index (χ0n) is 68.9. The summed E-state index contributed by atoms with van der Waals surface area (Å²) in [5.41, 5.74) is 23.9. The summed E-state index contributed by atoms with van der Waals surface area (Å²) in [5.74, 6) is 3.67. The van der Waals surface area contributed by atoms with Crippen molar-refractivity contribution in [3.05, 3.63) is 263 Å². The van der Waals surface area contributed by atoms with E-state index in [1.807, 2.05) is 106 Å². The Bertz CT molecular complexity index is 5470. The zero-order chi connectivity index (χ0) is 82.2. The number of hydrogen-bond acceptors (Lipinski definition) is 18. The van der Waals surface area contributed by atoms with Gasteiger partial charge in [-0.05, 0) is 266 Å². The number of aryl methyl sites for hydroxylation is 4. The molecule has 606 valence electrons. The third-order valence-corrected chi connectivity index (χ3v) is 21.4. The molecule has 5 heterocycles. The molecule has 4 amide bonds. The van der Waals surface area contributed by atoms with E-state index in [2.05, 4.69) is 194 Å². The molecule has 4 aromatic heterocycles. The summed E-state index contributed by atoms with van der Waals surface area (Å²) in [4.78, 5) is 70.9. The molecule has 4 atom stereocenters. The van der Waals surface area contributed by atoms with Gasteiger partial charge in [-0.1, -0.05) is 97.1 Å². The minimum Gasteiger partial charge on any atom is -0.444 e. The Morgan fingerprint density at radius 3 is 1.21 bits per heavy atom. The van der Waals surface area contributed by atoms with Gasteiger partial charge in [0, 0.05) is 105 Å². The van der Waals surface area contributed by atoms with Gasteiger partial charge in [0.2, 0.25) is 0 Å². The predicted octanol–water partition coefficient (Wildman–Crippen LogP) is 18.8. The van der Waals surface area contributed by atoms with Crippen LogP contribution in [-0.2, 0) is 40.0 Å². The van der Waals surface area contributed by atoms with E-state index in [0.717, 1.165) is 167 Å². The molecule has 12 aromatic rings. The van der Waals surface area contributed by atoms with Crippen LogP contribution in [0.25, 0.3) is 43.6 Å². The lowest BCUT2D eigenvalue weighted by Crippen LogP contribution is -2.36. The summed E-state index contributed by atoms with van der Waals surface area (Å²) in [6, 6.07) is 77.0. The molecule has 0 saturated carbocycles. The highest BCUT2D eigenvalue weighted by molar-refractivity contribution is 5.97. The molecule has 4 aliphatic carbocycles. The molecule has 1 fully saturated rings. The van der Waals surface area contributed by atoms with Gasteiger partial charge in [-0.2, -0.15) is 0 Å². The van der Waals surface area contributed by atoms with Gasteiger partial charge < -0.3 is 71.9 Å². The number of hydrogen-bond donors (Lipinski definition) is 8. The van der Waals surface area contributed by atoms with Crippen molar-refractivity contribution in [1.29, 1.82) is 0 Å². The first-order valence-electron chi connectivity index (χ1n) is 40.7. The highest BCUT2D eigenvalue weighted by atomic mass is 16.6. The number of carbonyl (C=O) groups excluding carboxylic acids is 4. The molecule has 1 aliphatic heterocycles. The van der Waals surface area contributed by atoms with E-state index in [0.29, 0.717) is 43.5 Å². The second-order valence-electron chi connectivity index (χ2n) is 32.4. The first kappa shape index (κ1) is 82.4. The van der Waals surface area contributed by atoms with E-state index in [4.69, 9.17) is 30.2 Å². The Morgan fingerprint density at radius 2 is 0.829 bits per heavy atom. The lowest BCUT2D eigenvalue weighted by atomic mass is 10.1. The Hall–Kier alpha value is -12.6. The molecule has 0 unspecified atom stereocenters. The highest BCUT2D eigenvalue weighted by Gasteiger charge is 2.29. The quantitative estimate of drug-likeness (QED) is 0.0213. The molecule has 22 nitrogen and oxygen atoms in total. The Labute approximate surface area is 686 Å². The van der Waals surface area contributed by atoms with Crippen LogP contribution in [0.4, 0.5) is 60.4 Å². The van der Waals surface area contributed by atoms with Gasteiger partial charge >= 0.3 is 18.2 Å². The van der Waals surface area contributed by atoms with E-state index in [-0.39, 0.29) is 18.7 Å². The number of amides is 4. The minimum atomic E-state index is -0.506. The molecular formula is C95H110N16O6. The van der Waals surface area contributed by atoms with Gasteiger partial charge in [0.05, 0.1) is 52.8 Å². The standard InChI is InChI=1S/C26H32N4O2.C22H22N4O.C21H24N4.C18H17N3.C8H15NO3/c1-26(2,3)32-25(31)30(4)16-15-27-20-11-13-22-19(17-20)10-14-24(28-22)29-23-12-9-18-7-5-6-8-21(18)23;1-25-12-13-26(22(25)27)17-8-10-19-16(14-17)7-11-21(23-19)24-20-9-6-15-4-2-3-5-18(15)20;1-22-12-13-23-17-8-10-19-16(14-17)7-11-21(24-19)25-20-9-6-15-4-2-3-5-18(15)20;19-14-7-9-16-13(11-14)6-10-18(20-16)21-17-8-5-12-3-1-2-4-15(12)17;1-8(2,3)12-7(11)9(4)5-6-10/h5-8,10-11,13-14,17,23,27H,9,12,15-16H2,1-4H3,(H,28,29);2-5,7-8,10-11,14,20H,6,9,12-13H2,1H3,(H,23,24);2-5,7-8,10-11,14,20,22-23H,6,9,12-13H2,1H3,(H,24,25);1-4,6-7,9-11,17H,5,8,19H2,(H,20,21);6H,5H2,1-4H3/t23-;2*20-;17-;/m1111./s1. The van der Waals surface area contributed by atoms with Crippen molar-refractivity contribution in [2.24, 2.45) is 0 Å². The second kappa shape index (κ2) is 37.8. The summed E-state index contributed by atoms with van der Waals surface area (Å²) in [6.07, 6.45) is 8.82. The van der Waals surface area contributed by atoms with Crippen molar-refractivity contribution in [1.82, 2.24) is 40.0 Å². The van der Waals surface area contributed by atoms with Crippen molar-refractivity contribution in [3.8, 4) is 0 Å². The largest absolute Gasteiger partial charge is 0.444 e. The lowest BCUT2D eigenvalue weighted by Gasteiger charge is -2.24. The van der Waals surface area contributed by atoms with Gasteiger partial charge in [0.1, 0.15) is 40.8 Å². The molecule has 0 spiro atoms. The summed E-state index contributed by atoms with van der Waals surface area (Å²) < 4.78 is 10.4. The number of pyridine rings is 4. The number of anilines is 8. The number of nitrogens with zero attached hydrogens (tertiary/aromatic N) is 8. The summed E-state index contributed by atoms with van der Waals surface area (Å²) in [7, 11) is 7.06. The maximum absolute atomic E-state index is 12.2. The van der Waals surface area contributed by atoms with Gasteiger partial charge in [-0.15, -0.1) is 0 Å². The number of nitrogens with two attached hydrogens (primary N) is 1. The number of likely N-dealkylation sites (N-methyl/N-ethyl adjacent to an activating group) is 4. The number of fused-ring (bicyclic) bond motifs is 8. The molecule has 117 heavy (non-hydrogen) atoms. The average Bonchev–Trinajstić information content (AvgIpc) is 1.74. The first-order chi connectivity index (χ1) is 56.5. The number of nitrogens with one attached hydrogen (secondary N) is 7. The number of nitrogen functional groups attached to an aromatic ring is 1. The number of carbonyl (C=O) groups is 4. The fraction of sp³-hybridized carbons (Fsp3) is 0.326. The third-order valence-electron chi connectivity index (χ3n) is 21.4. The first-order valence-corrected chi connectivity index (χ1v) is 40.7. The number of urea groups is 1. The topological polar surface area (TPSA) is 261 Å². The molecule has 22 heteroatoms. The Morgan fingerprint density at radius 1 is 0.462 bits per heavy atom. The average molecular weight is 1570 g/mol. The number of ether oxygens (including phenoxy) is 2. The van der Waals surface area contributed by atoms with Gasteiger partial charge in [0.25, 0.3) is 0 Å². The van der Waals surface area contributed by atoms with E-state index in [1.165, 1.54) is 56.5 Å². The minimum absolute atomic E-state index is 0.0560. The summed E-state index contributed by atoms with van der Waals surface area (Å²) >= 11 is 0. The monoisotopic (exact) mass is 1570 g/mol. The molecule has 1 saturated heterocycles. The molecule has 5 aliphatic rings. The summed E-state index contributed by atoms with van der Waals surface area (Å²) in [5, 5.41) is 28.7. The maximum atomic E-state index is 12.2. The third kappa shape index (κ3) is 21.9. The predicted molar refractivity (Wildman–Crippen MR) is 476 cm³/mol. The van der Waals surface area contributed by atoms with Gasteiger partial charge in [0.15, 0.2) is 0 Å². The number of aldehydes is 1. The van der Waals surface area contributed by atoms with Crippen LogP contribution in [0.2, 0.25) is 0 Å². The zero-order valence-corrected chi connectivity index (χ0v) is 68.9. The second-order valence-corrected chi connectivity index (χ2v) is 32.4. The van der Waals surface area contributed by atoms with Crippen LogP contribution < -0.4 is 47.9 Å². The number of benzene rings is 8. The van der Waals surface area contributed by atoms with Crippen molar-refractivity contribution in [2.75, 3.05) is 117 Å². The van der Waals surface area contributed by atoms with E-state index in [1.54, 1.807) is 37.6 Å². The smallest absolute Gasteiger partial charge is 0.410 e. The van der Waals surface area contributed by atoms with Crippen LogP contribution in [-0.4, -0.2) is 144 Å². The molecule has 9 N–H and O–H groups in total. The number of rotatable bonds is 19. The molecular weight excluding hydrogens is 1460 g/mol. The molecule has 0 radical (unpaired) electrons. The van der Waals surface area contributed by atoms with Crippen LogP contribution in [0.1, 0.15) is 136 Å². The van der Waals surface area contributed by atoms with E-state index in [9.17, 15) is 19.2 Å². The van der Waals surface area contributed by atoms with Crippen LogP contribution >= 0.6 is 0 Å². The van der Waals surface area contributed by atoms with Crippen molar-refractivity contribution < 1.29 is 28.7 Å².